The Morgan fingerprint density at radius 1 is 0.932 bits per heavy atom. The average Bonchev–Trinajstić information content (AvgIpc) is 3.86. The summed E-state index contributed by atoms with van der Waals surface area (Å²) < 4.78 is 25.1. The van der Waals surface area contributed by atoms with Gasteiger partial charge in [0.1, 0.15) is 28.6 Å². The van der Waals surface area contributed by atoms with Crippen molar-refractivity contribution in [1.82, 2.24) is 19.6 Å². The zero-order valence-electron chi connectivity index (χ0n) is 44.6. The topological polar surface area (TPSA) is 216 Å². The number of ketones is 1. The fraction of sp³-hybridized carbons (Fsp3) is 0.636. The molecule has 18 nitrogen and oxygen atoms in total. The maximum Gasteiger partial charge on any atom is 0.410 e. The van der Waals surface area contributed by atoms with Gasteiger partial charge in [-0.1, -0.05) is 59.8 Å². The Labute approximate surface area is 428 Å². The molecule has 0 saturated carbocycles. The van der Waals surface area contributed by atoms with E-state index in [0.717, 1.165) is 13.0 Å². The number of nitrogens with one attached hydrogen (secondary N) is 1. The quantitative estimate of drug-likeness (QED) is 0.269. The number of nitrogens with zero attached hydrogens (tertiary/aromatic N) is 6. The Morgan fingerprint density at radius 3 is 2.27 bits per heavy atom. The van der Waals surface area contributed by atoms with Crippen LogP contribution in [0.1, 0.15) is 103 Å². The molecule has 5 bridgehead atoms. The van der Waals surface area contributed by atoms with E-state index >= 15 is 0 Å². The largest absolute Gasteiger partial charge is 0.507 e. The zero-order valence-corrected chi connectivity index (χ0v) is 44.6. The van der Waals surface area contributed by atoms with Crippen LogP contribution in [-0.2, 0) is 23.8 Å². The molecule has 2 aromatic carbocycles. The summed E-state index contributed by atoms with van der Waals surface area (Å²) in [5, 5.41) is 39.7. The Hall–Kier alpha value is -5.56. The van der Waals surface area contributed by atoms with Crippen molar-refractivity contribution in [2.45, 2.75) is 130 Å². The van der Waals surface area contributed by atoms with Crippen LogP contribution >= 0.6 is 0 Å². The van der Waals surface area contributed by atoms with Gasteiger partial charge in [-0.2, -0.15) is 0 Å². The highest BCUT2D eigenvalue weighted by Crippen LogP contribution is 2.50. The number of fused-ring (bicyclic) bond motifs is 13. The van der Waals surface area contributed by atoms with Crippen molar-refractivity contribution in [3.05, 3.63) is 58.0 Å². The number of phenols is 2. The lowest BCUT2D eigenvalue weighted by atomic mass is 9.79. The van der Waals surface area contributed by atoms with E-state index in [9.17, 15) is 34.5 Å². The maximum absolute atomic E-state index is 15.0. The zero-order chi connectivity index (χ0) is 52.8. The van der Waals surface area contributed by atoms with Crippen molar-refractivity contribution in [2.75, 3.05) is 71.8 Å². The molecule has 0 aliphatic carbocycles. The third kappa shape index (κ3) is 10.6. The number of piperazine rings is 1. The molecular formula is C55H77N7O11. The number of allylic oxidation sites excluding steroid dienone is 3. The van der Waals surface area contributed by atoms with Gasteiger partial charge in [0.25, 0.3) is 11.7 Å². The number of methoxy groups -OCH3 is 1. The molecule has 0 aromatic heterocycles. The lowest BCUT2D eigenvalue weighted by Crippen LogP contribution is -2.55. The number of Topliss-reactive ketones (excluding diaryl/α,β-unsaturated/α-hetero) is 1. The van der Waals surface area contributed by atoms with Crippen molar-refractivity contribution in [3.63, 3.8) is 0 Å². The van der Waals surface area contributed by atoms with Crippen molar-refractivity contribution in [2.24, 2.45) is 39.6 Å². The summed E-state index contributed by atoms with van der Waals surface area (Å²) in [7, 11) is 3.34. The van der Waals surface area contributed by atoms with Gasteiger partial charge in [0.2, 0.25) is 5.91 Å². The number of carbonyl (C=O) groups excluding carboxylic acids is 4. The second-order valence-corrected chi connectivity index (χ2v) is 22.2. The van der Waals surface area contributed by atoms with Crippen molar-refractivity contribution in [1.29, 1.82) is 0 Å². The van der Waals surface area contributed by atoms with Crippen LogP contribution in [0.25, 0.3) is 10.8 Å². The van der Waals surface area contributed by atoms with Crippen LogP contribution in [0, 0.1) is 36.5 Å². The fourth-order valence-electron chi connectivity index (χ4n) is 11.8. The van der Waals surface area contributed by atoms with Crippen LogP contribution in [-0.4, -0.2) is 161 Å². The summed E-state index contributed by atoms with van der Waals surface area (Å²) >= 11 is 0. The number of piperidine rings is 2. The molecule has 9 atom stereocenters. The van der Waals surface area contributed by atoms with E-state index in [2.05, 4.69) is 29.0 Å². The number of aromatic hydroxyl groups is 2. The van der Waals surface area contributed by atoms with E-state index in [1.165, 1.54) is 20.3 Å². The number of rotatable bonds is 5. The summed E-state index contributed by atoms with van der Waals surface area (Å²) in [5.74, 6) is -4.69. The standard InChI is InChI=1S/C55H77N7O11/c1-30(2)29-60-20-17-55(18-21-60)57-43-40-41-47(65)36(8)50-42(40)51(67)54(9,73-50)71-26-16-38(70-11)34(6)49(72-53(69)62-24-22-61(23-25-62)37-15-19-59(10)39(63)28-37)35(7)46(64)33(5)27-31(3)13-12-14-32(4)52(68)56-45(48(41)66)44(43)58-55/h12-14,16,26,30-31,33-35,37-38,46,49,64-66H,15,17-25,27-29H2,1-11H3,(H,56,68)/b13-12+,26-16+,32-14-/t31-,33+,34+,35+,37?,38-,46+,49+,54-/m0/s1. The molecule has 1 unspecified atom stereocenters. The number of likely N-dealkylation sites (tertiary alicyclic amines) is 2. The van der Waals surface area contributed by atoms with E-state index in [1.807, 2.05) is 40.8 Å². The number of aliphatic hydroxyl groups is 1. The number of benzene rings is 2. The number of carbonyl (C=O) groups is 4. The molecule has 7 heterocycles. The van der Waals surface area contributed by atoms with Gasteiger partial charge in [0.05, 0.1) is 34.8 Å². The molecule has 9 rings (SSSR count). The van der Waals surface area contributed by atoms with Crippen LogP contribution in [0.3, 0.4) is 0 Å². The van der Waals surface area contributed by atoms with Crippen molar-refractivity contribution >= 4 is 40.2 Å². The Balaban J connectivity index is 1.15. The summed E-state index contributed by atoms with van der Waals surface area (Å²) in [6, 6.07) is 0.126. The third-order valence-electron chi connectivity index (χ3n) is 16.3. The molecule has 73 heavy (non-hydrogen) atoms. The Kier molecular flexibility index (Phi) is 15.7. The van der Waals surface area contributed by atoms with E-state index in [-0.39, 0.29) is 73.6 Å². The molecule has 7 aliphatic rings. The number of amides is 3. The first-order valence-corrected chi connectivity index (χ1v) is 26.2. The smallest absolute Gasteiger partial charge is 0.410 e. The van der Waals surface area contributed by atoms with Crippen molar-refractivity contribution in [3.8, 4) is 17.2 Å². The first kappa shape index (κ1) is 53.7. The highest BCUT2D eigenvalue weighted by atomic mass is 16.7. The second kappa shape index (κ2) is 21.4. The first-order chi connectivity index (χ1) is 34.6. The molecule has 7 aliphatic heterocycles. The van der Waals surface area contributed by atoms with E-state index in [0.29, 0.717) is 83.0 Å². The molecule has 18 heteroatoms. The van der Waals surface area contributed by atoms with Gasteiger partial charge in [0, 0.05) is 127 Å². The molecule has 3 saturated heterocycles. The van der Waals surface area contributed by atoms with Crippen LogP contribution in [0.15, 0.2) is 46.1 Å². The van der Waals surface area contributed by atoms with Gasteiger partial charge in [-0.3, -0.25) is 29.3 Å². The molecule has 3 amide bonds. The minimum atomic E-state index is -1.97. The Bertz CT molecular complexity index is 2710. The van der Waals surface area contributed by atoms with Gasteiger partial charge in [-0.15, -0.1) is 0 Å². The van der Waals surface area contributed by atoms with Crippen LogP contribution in [0.5, 0.6) is 17.2 Å². The molecule has 0 radical (unpaired) electrons. The molecule has 2 aromatic rings. The van der Waals surface area contributed by atoms with Gasteiger partial charge < -0.3 is 54.3 Å². The molecular weight excluding hydrogens is 935 g/mol. The van der Waals surface area contributed by atoms with Crippen LogP contribution in [0.4, 0.5) is 10.5 Å². The molecule has 398 valence electrons. The normalized spacial score (nSPS) is 32.1. The SMILES string of the molecule is CO[C@H]1/C=C/O[C@@]2(C)Oc3c(C)c(O)c4c(O)c(c5c(c4c3C2=O)=NC2(CCN(CC(C)C)CC2)N=5)NC(=O)/C(C)=C\C=C\[C@H](C)C[C@@H](C)[C@@H](O)[C@@H](C)[C@H](OC(=O)N2CCN(C3CCN(C)C(=O)C3)CC2)[C@@H]1C. The van der Waals surface area contributed by atoms with Gasteiger partial charge in [-0.25, -0.2) is 4.79 Å². The molecule has 4 N–H and O–H groups in total. The average molecular weight is 1010 g/mol. The predicted molar refractivity (Wildman–Crippen MR) is 275 cm³/mol. The lowest BCUT2D eigenvalue weighted by molar-refractivity contribution is -0.134. The summed E-state index contributed by atoms with van der Waals surface area (Å²) in [5.41, 5.74) is -0.440. The number of anilines is 1. The number of aliphatic hydroxyl groups excluding tert-OH is 1. The minimum absolute atomic E-state index is 0.0229. The first-order valence-electron chi connectivity index (χ1n) is 26.2. The molecule has 1 spiro atoms. The van der Waals surface area contributed by atoms with E-state index in [4.69, 9.17) is 28.9 Å². The van der Waals surface area contributed by atoms with Crippen molar-refractivity contribution < 1.29 is 53.4 Å². The van der Waals surface area contributed by atoms with E-state index in [1.54, 1.807) is 41.9 Å². The molecule has 3 fully saturated rings. The monoisotopic (exact) mass is 1010 g/mol. The highest BCUT2D eigenvalue weighted by molar-refractivity contribution is 6.19. The van der Waals surface area contributed by atoms with E-state index < -0.39 is 65.1 Å². The Morgan fingerprint density at radius 2 is 1.62 bits per heavy atom. The third-order valence-corrected chi connectivity index (χ3v) is 16.3. The summed E-state index contributed by atoms with van der Waals surface area (Å²) in [4.78, 5) is 74.2. The maximum atomic E-state index is 15.0. The minimum Gasteiger partial charge on any atom is -0.507 e. The predicted octanol–water partition coefficient (Wildman–Crippen LogP) is 5.59. The number of hydrogen-bond acceptors (Lipinski definition) is 15. The number of hydrogen-bond donors (Lipinski definition) is 4. The summed E-state index contributed by atoms with van der Waals surface area (Å²) in [6.45, 7) is 21.8. The van der Waals surface area contributed by atoms with Crippen LogP contribution < -0.4 is 20.8 Å². The van der Waals surface area contributed by atoms with Crippen LogP contribution in [0.2, 0.25) is 0 Å². The van der Waals surface area contributed by atoms with Gasteiger partial charge in [0.15, 0.2) is 11.4 Å². The lowest BCUT2D eigenvalue weighted by Gasteiger charge is -2.42. The number of phenolic OH excluding ortho intramolecular Hbond substituents is 2. The van der Waals surface area contributed by atoms with Gasteiger partial charge >= 0.3 is 11.9 Å². The highest BCUT2D eigenvalue weighted by Gasteiger charge is 2.50. The summed E-state index contributed by atoms with van der Waals surface area (Å²) in [6.07, 6.45) is 8.32. The van der Waals surface area contributed by atoms with Gasteiger partial charge in [-0.05, 0) is 50.5 Å². The second-order valence-electron chi connectivity index (χ2n) is 22.2. The number of ether oxygens (including phenoxy) is 4. The fourth-order valence-corrected chi connectivity index (χ4v) is 11.8.